The minimum Gasteiger partial charge on any atom is -0.481 e. The van der Waals surface area contributed by atoms with Crippen LogP contribution in [0, 0.1) is 11.8 Å². The predicted molar refractivity (Wildman–Crippen MR) is 52.9 cm³/mol. The Morgan fingerprint density at radius 2 is 2.29 bits per heavy atom. The van der Waals surface area contributed by atoms with Crippen LogP contribution in [0.15, 0.2) is 12.2 Å². The lowest BCUT2D eigenvalue weighted by molar-refractivity contribution is -0.138. The van der Waals surface area contributed by atoms with E-state index in [2.05, 4.69) is 11.9 Å². The molecule has 4 heteroatoms. The summed E-state index contributed by atoms with van der Waals surface area (Å²) in [7, 11) is 0. The maximum absolute atomic E-state index is 10.6. The Balaban J connectivity index is 2.69. The maximum Gasteiger partial charge on any atom is 0.303 e. The number of carbonyl (C=O) groups is 1. The quantitative estimate of drug-likeness (QED) is 0.567. The van der Waals surface area contributed by atoms with Gasteiger partial charge in [0.15, 0.2) is 0 Å². The molecule has 1 aliphatic rings. The molecule has 0 radical (unpaired) electrons. The topological polar surface area (TPSA) is 69.6 Å². The van der Waals surface area contributed by atoms with Crippen LogP contribution in [0.4, 0.5) is 0 Å². The number of aliphatic hydroxyl groups excluding tert-OH is 1. The summed E-state index contributed by atoms with van der Waals surface area (Å²) in [5.74, 6) is -0.679. The van der Waals surface area contributed by atoms with E-state index in [0.717, 1.165) is 12.1 Å². The van der Waals surface area contributed by atoms with Gasteiger partial charge in [-0.25, -0.2) is 0 Å². The molecule has 80 valence electrons. The van der Waals surface area contributed by atoms with E-state index in [1.807, 2.05) is 6.92 Å². The molecule has 0 bridgehead atoms. The van der Waals surface area contributed by atoms with Crippen molar-refractivity contribution < 1.29 is 15.0 Å². The Labute approximate surface area is 83.6 Å². The van der Waals surface area contributed by atoms with Crippen molar-refractivity contribution in [3.8, 4) is 0 Å². The zero-order valence-corrected chi connectivity index (χ0v) is 8.36. The summed E-state index contributed by atoms with van der Waals surface area (Å²) in [6.45, 7) is 6.46. The van der Waals surface area contributed by atoms with Gasteiger partial charge in [0, 0.05) is 12.6 Å². The average Bonchev–Trinajstić information content (AvgIpc) is 2.46. The summed E-state index contributed by atoms with van der Waals surface area (Å²) < 4.78 is 0. The van der Waals surface area contributed by atoms with E-state index in [4.69, 9.17) is 10.2 Å². The molecule has 0 aliphatic carbocycles. The highest BCUT2D eigenvalue weighted by Gasteiger charge is 2.36. The number of nitrogens with one attached hydrogen (secondary N) is 1. The lowest BCUT2D eigenvalue weighted by Gasteiger charge is -2.21. The molecule has 1 saturated heterocycles. The van der Waals surface area contributed by atoms with Crippen molar-refractivity contribution in [2.24, 2.45) is 11.8 Å². The largest absolute Gasteiger partial charge is 0.481 e. The van der Waals surface area contributed by atoms with Crippen molar-refractivity contribution in [2.45, 2.75) is 19.4 Å². The van der Waals surface area contributed by atoms with E-state index in [1.165, 1.54) is 0 Å². The van der Waals surface area contributed by atoms with E-state index in [9.17, 15) is 4.79 Å². The first kappa shape index (κ1) is 11.2. The molecular formula is C10H17NO3. The normalized spacial score (nSPS) is 31.7. The molecule has 3 atom stereocenters. The van der Waals surface area contributed by atoms with E-state index < -0.39 is 5.97 Å². The van der Waals surface area contributed by atoms with Crippen LogP contribution in [-0.2, 0) is 4.79 Å². The molecule has 4 nitrogen and oxygen atoms in total. The van der Waals surface area contributed by atoms with Gasteiger partial charge in [0.25, 0.3) is 0 Å². The Hall–Kier alpha value is -0.870. The van der Waals surface area contributed by atoms with Gasteiger partial charge in [-0.05, 0) is 18.8 Å². The SMILES string of the molecule is C=C(C)[C@@H]1CN[C@H](CO)[C@H]1CC(=O)O. The smallest absolute Gasteiger partial charge is 0.303 e. The van der Waals surface area contributed by atoms with Gasteiger partial charge in [-0.3, -0.25) is 4.79 Å². The van der Waals surface area contributed by atoms with E-state index in [-0.39, 0.29) is 30.9 Å². The Bertz CT molecular complexity index is 240. The highest BCUT2D eigenvalue weighted by molar-refractivity contribution is 5.67. The fourth-order valence-corrected chi connectivity index (χ4v) is 2.09. The summed E-state index contributed by atoms with van der Waals surface area (Å²) >= 11 is 0. The van der Waals surface area contributed by atoms with Gasteiger partial charge < -0.3 is 15.5 Å². The number of carboxylic acid groups (broad SMARTS) is 1. The van der Waals surface area contributed by atoms with Crippen LogP contribution in [-0.4, -0.2) is 35.4 Å². The van der Waals surface area contributed by atoms with Crippen LogP contribution in [0.25, 0.3) is 0 Å². The van der Waals surface area contributed by atoms with Crippen LogP contribution in [0.3, 0.4) is 0 Å². The van der Waals surface area contributed by atoms with E-state index >= 15 is 0 Å². The van der Waals surface area contributed by atoms with Gasteiger partial charge in [0.1, 0.15) is 0 Å². The molecular weight excluding hydrogens is 182 g/mol. The molecule has 0 spiro atoms. The summed E-state index contributed by atoms with van der Waals surface area (Å²) in [5, 5.41) is 20.9. The lowest BCUT2D eigenvalue weighted by Crippen LogP contribution is -2.32. The number of hydrogen-bond donors (Lipinski definition) is 3. The molecule has 0 aromatic heterocycles. The predicted octanol–water partition coefficient (Wildman–Crippen LogP) is 0.234. The first-order valence-corrected chi connectivity index (χ1v) is 4.77. The van der Waals surface area contributed by atoms with Crippen LogP contribution in [0.5, 0.6) is 0 Å². The molecule has 14 heavy (non-hydrogen) atoms. The molecule has 0 saturated carbocycles. The lowest BCUT2D eigenvalue weighted by atomic mass is 9.84. The monoisotopic (exact) mass is 199 g/mol. The first-order valence-electron chi connectivity index (χ1n) is 4.77. The Kier molecular flexibility index (Phi) is 3.66. The summed E-state index contributed by atoms with van der Waals surface area (Å²) in [6, 6.07) is -0.104. The van der Waals surface area contributed by atoms with Gasteiger partial charge in [-0.2, -0.15) is 0 Å². The van der Waals surface area contributed by atoms with Crippen molar-refractivity contribution >= 4 is 5.97 Å². The molecule has 1 fully saturated rings. The van der Waals surface area contributed by atoms with Gasteiger partial charge in [0.05, 0.1) is 13.0 Å². The number of rotatable bonds is 4. The zero-order chi connectivity index (χ0) is 10.7. The second-order valence-electron chi connectivity index (χ2n) is 3.91. The van der Waals surface area contributed by atoms with E-state index in [0.29, 0.717) is 0 Å². The standard InChI is InChI=1S/C10H17NO3/c1-6(2)8-4-11-9(5-12)7(8)3-10(13)14/h7-9,11-12H,1,3-5H2,2H3,(H,13,14)/t7-,8-,9+/m0/s1. The van der Waals surface area contributed by atoms with E-state index in [1.54, 1.807) is 0 Å². The van der Waals surface area contributed by atoms with Crippen LogP contribution in [0.2, 0.25) is 0 Å². The summed E-state index contributed by atoms with van der Waals surface area (Å²) in [5.41, 5.74) is 0.986. The number of hydrogen-bond acceptors (Lipinski definition) is 3. The summed E-state index contributed by atoms with van der Waals surface area (Å²) in [6.07, 6.45) is 0.0930. The third-order valence-electron chi connectivity index (χ3n) is 2.87. The van der Waals surface area contributed by atoms with Crippen LogP contribution < -0.4 is 5.32 Å². The number of carboxylic acids is 1. The third kappa shape index (κ3) is 2.33. The van der Waals surface area contributed by atoms with Gasteiger partial charge in [-0.15, -0.1) is 0 Å². The first-order chi connectivity index (χ1) is 6.56. The Morgan fingerprint density at radius 1 is 1.64 bits per heavy atom. The van der Waals surface area contributed by atoms with Crippen molar-refractivity contribution in [1.29, 1.82) is 0 Å². The molecule has 0 amide bonds. The average molecular weight is 199 g/mol. The molecule has 0 unspecified atom stereocenters. The molecule has 3 N–H and O–H groups in total. The van der Waals surface area contributed by atoms with Crippen LogP contribution >= 0.6 is 0 Å². The van der Waals surface area contributed by atoms with Crippen molar-refractivity contribution in [1.82, 2.24) is 5.32 Å². The van der Waals surface area contributed by atoms with Gasteiger partial charge in [0.2, 0.25) is 0 Å². The molecule has 1 aliphatic heterocycles. The number of aliphatic hydroxyl groups is 1. The van der Waals surface area contributed by atoms with Gasteiger partial charge >= 0.3 is 5.97 Å². The zero-order valence-electron chi connectivity index (χ0n) is 8.36. The molecule has 1 heterocycles. The van der Waals surface area contributed by atoms with Gasteiger partial charge in [-0.1, -0.05) is 12.2 Å². The van der Waals surface area contributed by atoms with Crippen molar-refractivity contribution in [3.05, 3.63) is 12.2 Å². The highest BCUT2D eigenvalue weighted by atomic mass is 16.4. The number of aliphatic carboxylic acids is 1. The summed E-state index contributed by atoms with van der Waals surface area (Å²) in [4.78, 5) is 10.6. The molecule has 1 rings (SSSR count). The molecule has 0 aromatic rings. The highest BCUT2D eigenvalue weighted by Crippen LogP contribution is 2.30. The van der Waals surface area contributed by atoms with Crippen LogP contribution in [0.1, 0.15) is 13.3 Å². The minimum absolute atomic E-state index is 0.0122. The second-order valence-corrected chi connectivity index (χ2v) is 3.91. The fraction of sp³-hybridized carbons (Fsp3) is 0.700. The minimum atomic E-state index is -0.816. The van der Waals surface area contributed by atoms with Crippen molar-refractivity contribution in [3.63, 3.8) is 0 Å². The second kappa shape index (κ2) is 4.57. The Morgan fingerprint density at radius 3 is 2.71 bits per heavy atom. The fourth-order valence-electron chi connectivity index (χ4n) is 2.09. The third-order valence-corrected chi connectivity index (χ3v) is 2.87. The molecule has 0 aromatic carbocycles. The maximum atomic E-state index is 10.6. The van der Waals surface area contributed by atoms with Crippen molar-refractivity contribution in [2.75, 3.05) is 13.2 Å².